The van der Waals surface area contributed by atoms with Crippen molar-refractivity contribution in [3.05, 3.63) is 39.7 Å². The molecule has 106 valence electrons. The molecule has 0 aliphatic heterocycles. The molecule has 0 radical (unpaired) electrons. The Bertz CT molecular complexity index is 422. The SMILES string of the molecule is COCC(CCO)NCc1cc(F)cc([N+](=O)[O-])c1. The molecule has 2 N–H and O–H groups in total. The molecule has 1 rings (SSSR count). The standard InChI is InChI=1S/C12H17FN2O4/c1-19-8-11(2-3-16)14-7-9-4-10(13)6-12(5-9)15(17)18/h4-6,11,14,16H,2-3,7-8H2,1H3. The maximum atomic E-state index is 13.2. The van der Waals surface area contributed by atoms with Crippen LogP contribution in [0.3, 0.4) is 0 Å². The molecule has 0 heterocycles. The zero-order valence-corrected chi connectivity index (χ0v) is 10.6. The highest BCUT2D eigenvalue weighted by atomic mass is 19.1. The zero-order valence-electron chi connectivity index (χ0n) is 10.6. The third kappa shape index (κ3) is 5.29. The summed E-state index contributed by atoms with van der Waals surface area (Å²) in [4.78, 5) is 9.98. The Morgan fingerprint density at radius 2 is 2.26 bits per heavy atom. The molecular formula is C12H17FN2O4. The third-order valence-electron chi connectivity index (χ3n) is 2.59. The van der Waals surface area contributed by atoms with Crippen LogP contribution in [0.5, 0.6) is 0 Å². The third-order valence-corrected chi connectivity index (χ3v) is 2.59. The number of aliphatic hydroxyl groups excluding tert-OH is 1. The van der Waals surface area contributed by atoms with Crippen molar-refractivity contribution in [2.45, 2.75) is 19.0 Å². The van der Waals surface area contributed by atoms with Gasteiger partial charge in [0, 0.05) is 32.4 Å². The van der Waals surface area contributed by atoms with Crippen molar-refractivity contribution in [3.63, 3.8) is 0 Å². The molecule has 0 fully saturated rings. The fourth-order valence-electron chi connectivity index (χ4n) is 1.70. The summed E-state index contributed by atoms with van der Waals surface area (Å²) >= 11 is 0. The van der Waals surface area contributed by atoms with Crippen LogP contribution < -0.4 is 5.32 Å². The first-order valence-corrected chi connectivity index (χ1v) is 5.84. The Labute approximate surface area is 110 Å². The van der Waals surface area contributed by atoms with E-state index in [-0.39, 0.29) is 24.9 Å². The molecule has 0 aliphatic carbocycles. The minimum absolute atomic E-state index is 0.00429. The van der Waals surface area contributed by atoms with E-state index >= 15 is 0 Å². The van der Waals surface area contributed by atoms with Crippen LogP contribution in [0.1, 0.15) is 12.0 Å². The predicted molar refractivity (Wildman–Crippen MR) is 67.3 cm³/mol. The number of aliphatic hydroxyl groups is 1. The van der Waals surface area contributed by atoms with E-state index in [4.69, 9.17) is 9.84 Å². The minimum atomic E-state index is -0.642. The van der Waals surface area contributed by atoms with Gasteiger partial charge in [-0.15, -0.1) is 0 Å². The summed E-state index contributed by atoms with van der Waals surface area (Å²) in [5, 5.41) is 22.5. The van der Waals surface area contributed by atoms with Crippen LogP contribution in [0.15, 0.2) is 18.2 Å². The number of benzene rings is 1. The maximum Gasteiger partial charge on any atom is 0.272 e. The molecule has 7 heteroatoms. The van der Waals surface area contributed by atoms with E-state index in [1.54, 1.807) is 7.11 Å². The van der Waals surface area contributed by atoms with Gasteiger partial charge < -0.3 is 15.2 Å². The number of halogens is 1. The summed E-state index contributed by atoms with van der Waals surface area (Å²) in [7, 11) is 1.54. The number of hydrogen-bond acceptors (Lipinski definition) is 5. The second-order valence-electron chi connectivity index (χ2n) is 4.12. The van der Waals surface area contributed by atoms with Gasteiger partial charge in [-0.3, -0.25) is 10.1 Å². The lowest BCUT2D eigenvalue weighted by Gasteiger charge is -2.16. The van der Waals surface area contributed by atoms with Crippen LogP contribution >= 0.6 is 0 Å². The molecule has 1 unspecified atom stereocenters. The molecule has 1 aromatic rings. The van der Waals surface area contributed by atoms with Crippen LogP contribution in [0.2, 0.25) is 0 Å². The topological polar surface area (TPSA) is 84.6 Å². The van der Waals surface area contributed by atoms with E-state index < -0.39 is 10.7 Å². The Hall–Kier alpha value is -1.57. The smallest absolute Gasteiger partial charge is 0.272 e. The Morgan fingerprint density at radius 3 is 2.84 bits per heavy atom. The average Bonchev–Trinajstić information content (AvgIpc) is 2.36. The van der Waals surface area contributed by atoms with E-state index in [0.29, 0.717) is 18.6 Å². The molecule has 0 bridgehead atoms. The van der Waals surface area contributed by atoms with Gasteiger partial charge >= 0.3 is 0 Å². The average molecular weight is 272 g/mol. The summed E-state index contributed by atoms with van der Waals surface area (Å²) in [5.74, 6) is -0.642. The van der Waals surface area contributed by atoms with E-state index in [1.165, 1.54) is 12.1 Å². The van der Waals surface area contributed by atoms with Gasteiger partial charge in [0.15, 0.2) is 0 Å². The number of nitro benzene ring substituents is 1. The summed E-state index contributed by atoms with van der Waals surface area (Å²) < 4.78 is 18.2. The predicted octanol–water partition coefficient (Wildman–Crippen LogP) is 1.22. The molecule has 0 aromatic heterocycles. The second-order valence-corrected chi connectivity index (χ2v) is 4.12. The van der Waals surface area contributed by atoms with E-state index in [9.17, 15) is 14.5 Å². The monoisotopic (exact) mass is 272 g/mol. The highest BCUT2D eigenvalue weighted by Gasteiger charge is 2.12. The summed E-state index contributed by atoms with van der Waals surface area (Å²) in [6.07, 6.45) is 0.491. The van der Waals surface area contributed by atoms with Crippen LogP contribution in [-0.2, 0) is 11.3 Å². The van der Waals surface area contributed by atoms with Crippen molar-refractivity contribution in [3.8, 4) is 0 Å². The fraction of sp³-hybridized carbons (Fsp3) is 0.500. The van der Waals surface area contributed by atoms with E-state index in [1.807, 2.05) is 0 Å². The first-order chi connectivity index (χ1) is 9.06. The number of non-ortho nitro benzene ring substituents is 1. The number of nitrogens with one attached hydrogen (secondary N) is 1. The Balaban J connectivity index is 2.67. The molecule has 0 spiro atoms. The number of nitrogens with zero attached hydrogens (tertiary/aromatic N) is 1. The van der Waals surface area contributed by atoms with Gasteiger partial charge in [0.1, 0.15) is 5.82 Å². The number of ether oxygens (including phenoxy) is 1. The quantitative estimate of drug-likeness (QED) is 0.549. The lowest BCUT2D eigenvalue weighted by atomic mass is 10.1. The molecule has 1 aromatic carbocycles. The van der Waals surface area contributed by atoms with Gasteiger partial charge in [-0.2, -0.15) is 0 Å². The highest BCUT2D eigenvalue weighted by Crippen LogP contribution is 2.16. The van der Waals surface area contributed by atoms with Crippen molar-refractivity contribution in [2.75, 3.05) is 20.3 Å². The minimum Gasteiger partial charge on any atom is -0.396 e. The van der Waals surface area contributed by atoms with E-state index in [0.717, 1.165) is 6.07 Å². The molecule has 0 amide bonds. The lowest BCUT2D eigenvalue weighted by Crippen LogP contribution is -2.33. The maximum absolute atomic E-state index is 13.2. The van der Waals surface area contributed by atoms with E-state index in [2.05, 4.69) is 5.32 Å². The fourth-order valence-corrected chi connectivity index (χ4v) is 1.70. The summed E-state index contributed by atoms with van der Waals surface area (Å²) in [5.41, 5.74) is 0.202. The first-order valence-electron chi connectivity index (χ1n) is 5.84. The van der Waals surface area contributed by atoms with Gasteiger partial charge in [-0.1, -0.05) is 0 Å². The summed E-state index contributed by atoms with van der Waals surface area (Å²) in [6.45, 7) is 0.676. The molecule has 0 aliphatic rings. The van der Waals surface area contributed by atoms with Crippen molar-refractivity contribution in [2.24, 2.45) is 0 Å². The summed E-state index contributed by atoms with van der Waals surface area (Å²) in [6, 6.07) is 3.35. The lowest BCUT2D eigenvalue weighted by molar-refractivity contribution is -0.385. The second kappa shape index (κ2) is 7.78. The van der Waals surface area contributed by atoms with Crippen LogP contribution in [0.4, 0.5) is 10.1 Å². The molecule has 6 nitrogen and oxygen atoms in total. The van der Waals surface area contributed by atoms with Crippen molar-refractivity contribution >= 4 is 5.69 Å². The van der Waals surface area contributed by atoms with Crippen LogP contribution in [0.25, 0.3) is 0 Å². The highest BCUT2D eigenvalue weighted by molar-refractivity contribution is 5.35. The van der Waals surface area contributed by atoms with Crippen molar-refractivity contribution in [1.29, 1.82) is 0 Å². The van der Waals surface area contributed by atoms with Gasteiger partial charge in [0.25, 0.3) is 5.69 Å². The largest absolute Gasteiger partial charge is 0.396 e. The molecular weight excluding hydrogens is 255 g/mol. The van der Waals surface area contributed by atoms with Gasteiger partial charge in [-0.25, -0.2) is 4.39 Å². The zero-order chi connectivity index (χ0) is 14.3. The molecule has 19 heavy (non-hydrogen) atoms. The molecule has 1 atom stereocenters. The van der Waals surface area contributed by atoms with Crippen LogP contribution in [-0.4, -0.2) is 36.4 Å². The number of nitro groups is 1. The Kier molecular flexibility index (Phi) is 6.34. The molecule has 0 saturated carbocycles. The molecule has 0 saturated heterocycles. The number of rotatable bonds is 8. The van der Waals surface area contributed by atoms with Gasteiger partial charge in [0.05, 0.1) is 17.6 Å². The first kappa shape index (κ1) is 15.5. The van der Waals surface area contributed by atoms with Crippen LogP contribution in [0, 0.1) is 15.9 Å². The Morgan fingerprint density at radius 1 is 1.53 bits per heavy atom. The number of hydrogen-bond donors (Lipinski definition) is 2. The van der Waals surface area contributed by atoms with Crippen molar-refractivity contribution < 1.29 is 19.2 Å². The van der Waals surface area contributed by atoms with Gasteiger partial charge in [0.2, 0.25) is 0 Å². The van der Waals surface area contributed by atoms with Crippen molar-refractivity contribution in [1.82, 2.24) is 5.32 Å². The van der Waals surface area contributed by atoms with Gasteiger partial charge in [-0.05, 0) is 18.1 Å². The normalized spacial score (nSPS) is 12.4. The number of methoxy groups -OCH3 is 1.